The van der Waals surface area contributed by atoms with Crippen LogP contribution in [0.15, 0.2) is 6.20 Å². The van der Waals surface area contributed by atoms with Gasteiger partial charge in [0.05, 0.1) is 17.3 Å². The summed E-state index contributed by atoms with van der Waals surface area (Å²) in [7, 11) is 0. The molecule has 0 atom stereocenters. The fourth-order valence-electron chi connectivity index (χ4n) is 1.33. The van der Waals surface area contributed by atoms with E-state index in [1.165, 1.54) is 6.20 Å². The lowest BCUT2D eigenvalue weighted by Crippen LogP contribution is -2.07. The van der Waals surface area contributed by atoms with Crippen LogP contribution in [0.5, 0.6) is 0 Å². The molecule has 78 valence electrons. The van der Waals surface area contributed by atoms with Gasteiger partial charge in [0.25, 0.3) is 0 Å². The molecule has 14 heavy (non-hydrogen) atoms. The van der Waals surface area contributed by atoms with Gasteiger partial charge in [-0.3, -0.25) is 0 Å². The molecule has 5 nitrogen and oxygen atoms in total. The van der Waals surface area contributed by atoms with Crippen molar-refractivity contribution in [1.29, 1.82) is 0 Å². The molecule has 0 radical (unpaired) electrons. The Hall–Kier alpha value is -1.10. The van der Waals surface area contributed by atoms with Crippen molar-refractivity contribution in [2.24, 2.45) is 0 Å². The first-order valence-electron chi connectivity index (χ1n) is 4.49. The Morgan fingerprint density at radius 2 is 2.21 bits per heavy atom. The van der Waals surface area contributed by atoms with Crippen LogP contribution in [0.1, 0.15) is 32.7 Å². The monoisotopic (exact) mass is 217 g/mol. The van der Waals surface area contributed by atoms with Gasteiger partial charge in [-0.2, -0.15) is 4.68 Å². The number of aromatic nitrogens is 2. The maximum Gasteiger partial charge on any atom is 0.408 e. The van der Waals surface area contributed by atoms with Gasteiger partial charge in [0, 0.05) is 0 Å². The minimum atomic E-state index is -0.568. The summed E-state index contributed by atoms with van der Waals surface area (Å²) < 4.78 is 1.57. The predicted octanol–water partition coefficient (Wildman–Crippen LogP) is 2.81. The highest BCUT2D eigenvalue weighted by molar-refractivity contribution is 6.32. The van der Waals surface area contributed by atoms with Crippen molar-refractivity contribution in [1.82, 2.24) is 9.78 Å². The fourth-order valence-corrected chi connectivity index (χ4v) is 1.54. The molecule has 0 unspecified atom stereocenters. The summed E-state index contributed by atoms with van der Waals surface area (Å²) in [6.07, 6.45) is 3.27. The molecule has 1 rings (SSSR count). The van der Waals surface area contributed by atoms with Crippen LogP contribution in [0.2, 0.25) is 5.02 Å². The summed E-state index contributed by atoms with van der Waals surface area (Å²) in [5.74, 6) is -0.265. The number of hydrogen-bond donors (Lipinski definition) is 0. The van der Waals surface area contributed by atoms with Gasteiger partial charge >= 0.3 is 5.82 Å². The number of nitrogens with zero attached hydrogens (tertiary/aromatic N) is 3. The third-order valence-electron chi connectivity index (χ3n) is 2.16. The number of nitro groups is 1. The second-order valence-corrected chi connectivity index (χ2v) is 3.42. The van der Waals surface area contributed by atoms with Gasteiger partial charge in [-0.15, -0.1) is 0 Å². The van der Waals surface area contributed by atoms with Crippen molar-refractivity contribution in [3.8, 4) is 0 Å². The predicted molar refractivity (Wildman–Crippen MR) is 53.5 cm³/mol. The van der Waals surface area contributed by atoms with E-state index >= 15 is 0 Å². The highest BCUT2D eigenvalue weighted by atomic mass is 35.5. The molecule has 0 amide bonds. The van der Waals surface area contributed by atoms with E-state index in [2.05, 4.69) is 5.10 Å². The minimum absolute atomic E-state index is 0.0990. The lowest BCUT2D eigenvalue weighted by atomic mass is 10.2. The number of halogens is 1. The van der Waals surface area contributed by atoms with E-state index in [9.17, 15) is 10.1 Å². The van der Waals surface area contributed by atoms with Crippen LogP contribution in [0.25, 0.3) is 0 Å². The molecule has 1 aromatic rings. The molecule has 0 saturated heterocycles. The van der Waals surface area contributed by atoms with Gasteiger partial charge in [0.1, 0.15) is 0 Å². The highest BCUT2D eigenvalue weighted by Crippen LogP contribution is 2.25. The first-order chi connectivity index (χ1) is 6.60. The summed E-state index contributed by atoms with van der Waals surface area (Å²) in [6, 6.07) is 0.182. The van der Waals surface area contributed by atoms with Crippen molar-refractivity contribution >= 4 is 17.4 Å². The molecule has 0 aliphatic carbocycles. The average Bonchev–Trinajstić information content (AvgIpc) is 2.50. The van der Waals surface area contributed by atoms with E-state index in [1.54, 1.807) is 4.68 Å². The standard InChI is InChI=1S/C8H12ClN3O2/c1-3-6(4-2)11-5-7(9)8(10-11)12(13)14/h5-6H,3-4H2,1-2H3. The Bertz CT molecular complexity index is 333. The molecule has 1 aromatic heterocycles. The molecule has 0 N–H and O–H groups in total. The number of hydrogen-bond acceptors (Lipinski definition) is 3. The lowest BCUT2D eigenvalue weighted by molar-refractivity contribution is -0.389. The molecule has 0 spiro atoms. The quantitative estimate of drug-likeness (QED) is 0.576. The summed E-state index contributed by atoms with van der Waals surface area (Å²) >= 11 is 5.67. The van der Waals surface area contributed by atoms with Crippen molar-refractivity contribution in [2.45, 2.75) is 32.7 Å². The molecule has 0 aliphatic heterocycles. The third kappa shape index (κ3) is 2.04. The van der Waals surface area contributed by atoms with Gasteiger partial charge in [-0.25, -0.2) is 0 Å². The molecule has 0 fully saturated rings. The smallest absolute Gasteiger partial charge is 0.358 e. The first kappa shape index (κ1) is 11.0. The Balaban J connectivity index is 3.01. The van der Waals surface area contributed by atoms with E-state index in [0.29, 0.717) is 0 Å². The van der Waals surface area contributed by atoms with Crippen LogP contribution in [0.3, 0.4) is 0 Å². The summed E-state index contributed by atoms with van der Waals surface area (Å²) in [5, 5.41) is 14.4. The Morgan fingerprint density at radius 3 is 2.57 bits per heavy atom. The van der Waals surface area contributed by atoms with Crippen molar-refractivity contribution in [2.75, 3.05) is 0 Å². The summed E-state index contributed by atoms with van der Waals surface area (Å²) in [4.78, 5) is 9.91. The zero-order chi connectivity index (χ0) is 10.7. The Labute approximate surface area is 86.8 Å². The van der Waals surface area contributed by atoms with Crippen molar-refractivity contribution < 1.29 is 4.92 Å². The first-order valence-corrected chi connectivity index (χ1v) is 4.87. The van der Waals surface area contributed by atoms with E-state index in [0.717, 1.165) is 12.8 Å². The van der Waals surface area contributed by atoms with Crippen molar-refractivity contribution in [3.63, 3.8) is 0 Å². The molecule has 1 heterocycles. The third-order valence-corrected chi connectivity index (χ3v) is 2.43. The largest absolute Gasteiger partial charge is 0.408 e. The topological polar surface area (TPSA) is 61.0 Å². The normalized spacial score (nSPS) is 10.9. The van der Waals surface area contributed by atoms with Crippen LogP contribution in [-0.2, 0) is 0 Å². The highest BCUT2D eigenvalue weighted by Gasteiger charge is 2.21. The zero-order valence-corrected chi connectivity index (χ0v) is 8.86. The van der Waals surface area contributed by atoms with Crippen LogP contribution in [-0.4, -0.2) is 14.7 Å². The number of rotatable bonds is 4. The Morgan fingerprint density at radius 1 is 1.64 bits per heavy atom. The van der Waals surface area contributed by atoms with Crippen molar-refractivity contribution in [3.05, 3.63) is 21.3 Å². The molecule has 0 bridgehead atoms. The SMILES string of the molecule is CCC(CC)n1cc(Cl)c([N+](=O)[O-])n1. The van der Waals surface area contributed by atoms with Crippen LogP contribution >= 0.6 is 11.6 Å². The minimum Gasteiger partial charge on any atom is -0.358 e. The van der Waals surface area contributed by atoms with E-state index in [4.69, 9.17) is 11.6 Å². The fraction of sp³-hybridized carbons (Fsp3) is 0.625. The van der Waals surface area contributed by atoms with Gasteiger partial charge < -0.3 is 10.1 Å². The molecule has 6 heteroatoms. The van der Waals surface area contributed by atoms with Gasteiger partial charge in [0.15, 0.2) is 5.02 Å². The van der Waals surface area contributed by atoms with Gasteiger partial charge in [-0.1, -0.05) is 25.4 Å². The van der Waals surface area contributed by atoms with E-state index in [1.807, 2.05) is 13.8 Å². The van der Waals surface area contributed by atoms with Crippen LogP contribution in [0.4, 0.5) is 5.82 Å². The average molecular weight is 218 g/mol. The molecular weight excluding hydrogens is 206 g/mol. The van der Waals surface area contributed by atoms with Gasteiger partial charge in [0.2, 0.25) is 0 Å². The molecule has 0 aliphatic rings. The lowest BCUT2D eigenvalue weighted by Gasteiger charge is -2.07. The van der Waals surface area contributed by atoms with Crippen LogP contribution < -0.4 is 0 Å². The maximum absolute atomic E-state index is 10.5. The summed E-state index contributed by atoms with van der Waals surface area (Å²) in [5.41, 5.74) is 0. The van der Waals surface area contributed by atoms with E-state index in [-0.39, 0.29) is 16.9 Å². The summed E-state index contributed by atoms with van der Waals surface area (Å²) in [6.45, 7) is 4.02. The maximum atomic E-state index is 10.5. The molecule has 0 saturated carbocycles. The van der Waals surface area contributed by atoms with Gasteiger partial charge in [-0.05, 0) is 17.8 Å². The van der Waals surface area contributed by atoms with Crippen LogP contribution in [0, 0.1) is 10.1 Å². The Kier molecular flexibility index (Phi) is 3.46. The zero-order valence-electron chi connectivity index (χ0n) is 8.11. The second-order valence-electron chi connectivity index (χ2n) is 3.01. The second kappa shape index (κ2) is 4.41. The van der Waals surface area contributed by atoms with E-state index < -0.39 is 4.92 Å². The molecular formula is C8H12ClN3O2. The molecule has 0 aromatic carbocycles.